The van der Waals surface area contributed by atoms with E-state index in [4.69, 9.17) is 4.98 Å². The summed E-state index contributed by atoms with van der Waals surface area (Å²) in [6, 6.07) is 19.3. The van der Waals surface area contributed by atoms with Crippen molar-refractivity contribution in [3.63, 3.8) is 0 Å². The van der Waals surface area contributed by atoms with E-state index in [2.05, 4.69) is 10.2 Å². The Morgan fingerprint density at radius 2 is 1.62 bits per heavy atom. The molecule has 0 radical (unpaired) electrons. The van der Waals surface area contributed by atoms with E-state index in [1.807, 2.05) is 74.5 Å². The third-order valence-electron chi connectivity index (χ3n) is 5.62. The number of hydrogen-bond acceptors (Lipinski definition) is 7. The van der Waals surface area contributed by atoms with E-state index in [1.165, 1.54) is 11.8 Å². The lowest BCUT2D eigenvalue weighted by atomic mass is 10.0. The van der Waals surface area contributed by atoms with Gasteiger partial charge in [0.1, 0.15) is 11.4 Å². The second-order valence-corrected chi connectivity index (χ2v) is 12.0. The maximum absolute atomic E-state index is 13.1. The van der Waals surface area contributed by atoms with Gasteiger partial charge in [-0.25, -0.2) is 13.4 Å². The molecule has 9 heteroatoms. The SMILES string of the molecule is CC(C)CN(C(=O)CSc1nnc(-c2ccccc2)c(-c2ccccc2)n1)C1CCS(=O)(=O)C1. The Labute approximate surface area is 204 Å². The summed E-state index contributed by atoms with van der Waals surface area (Å²) in [6.07, 6.45) is 0.493. The molecule has 0 spiro atoms. The Balaban J connectivity index is 1.56. The van der Waals surface area contributed by atoms with Crippen molar-refractivity contribution in [2.24, 2.45) is 5.92 Å². The fourth-order valence-corrected chi connectivity index (χ4v) is 6.44. The van der Waals surface area contributed by atoms with Crippen LogP contribution in [0.4, 0.5) is 0 Å². The van der Waals surface area contributed by atoms with Crippen LogP contribution in [0.3, 0.4) is 0 Å². The molecule has 0 N–H and O–H groups in total. The first-order valence-corrected chi connectivity index (χ1v) is 14.1. The van der Waals surface area contributed by atoms with Gasteiger partial charge in [0.05, 0.1) is 17.3 Å². The van der Waals surface area contributed by atoms with Gasteiger partial charge >= 0.3 is 0 Å². The standard InChI is InChI=1S/C25H28N4O3S2/c1-18(2)15-29(21-13-14-34(31,32)17-21)22(30)16-33-25-26-23(19-9-5-3-6-10-19)24(27-28-25)20-11-7-4-8-12-20/h3-12,18,21H,13-17H2,1-2H3. The van der Waals surface area contributed by atoms with Gasteiger partial charge in [0.25, 0.3) is 0 Å². The molecule has 4 rings (SSSR count). The average Bonchev–Trinajstić information content (AvgIpc) is 3.21. The van der Waals surface area contributed by atoms with E-state index in [1.54, 1.807) is 4.90 Å². The summed E-state index contributed by atoms with van der Waals surface area (Å²) >= 11 is 1.23. The molecule has 1 atom stereocenters. The number of carbonyl (C=O) groups excluding carboxylic acids is 1. The van der Waals surface area contributed by atoms with Crippen molar-refractivity contribution in [1.82, 2.24) is 20.1 Å². The highest BCUT2D eigenvalue weighted by molar-refractivity contribution is 7.99. The molecule has 1 saturated heterocycles. The van der Waals surface area contributed by atoms with E-state index in [9.17, 15) is 13.2 Å². The molecule has 0 aliphatic carbocycles. The van der Waals surface area contributed by atoms with Crippen molar-refractivity contribution in [3.05, 3.63) is 60.7 Å². The second-order valence-electron chi connectivity index (χ2n) is 8.81. The van der Waals surface area contributed by atoms with E-state index >= 15 is 0 Å². The zero-order valence-electron chi connectivity index (χ0n) is 19.3. The molecule has 2 heterocycles. The smallest absolute Gasteiger partial charge is 0.233 e. The first kappa shape index (κ1) is 24.3. The van der Waals surface area contributed by atoms with Crippen molar-refractivity contribution in [2.45, 2.75) is 31.5 Å². The largest absolute Gasteiger partial charge is 0.338 e. The van der Waals surface area contributed by atoms with Gasteiger partial charge in [0.2, 0.25) is 11.1 Å². The lowest BCUT2D eigenvalue weighted by molar-refractivity contribution is -0.130. The van der Waals surface area contributed by atoms with Gasteiger partial charge in [-0.2, -0.15) is 0 Å². The van der Waals surface area contributed by atoms with Gasteiger partial charge in [0, 0.05) is 23.7 Å². The van der Waals surface area contributed by atoms with Crippen LogP contribution in [-0.2, 0) is 14.6 Å². The Morgan fingerprint density at radius 3 is 2.18 bits per heavy atom. The summed E-state index contributed by atoms with van der Waals surface area (Å²) in [5, 5.41) is 9.16. The lowest BCUT2D eigenvalue weighted by Gasteiger charge is -2.29. The third kappa shape index (κ3) is 6.01. The van der Waals surface area contributed by atoms with Crippen LogP contribution in [0.1, 0.15) is 20.3 Å². The summed E-state index contributed by atoms with van der Waals surface area (Å²) in [4.78, 5) is 19.6. The molecule has 1 aliphatic heterocycles. The van der Waals surface area contributed by atoms with Crippen LogP contribution in [0, 0.1) is 5.92 Å². The summed E-state index contributed by atoms with van der Waals surface area (Å²) in [7, 11) is -3.08. The minimum absolute atomic E-state index is 0.0398. The first-order valence-electron chi connectivity index (χ1n) is 11.3. The number of carbonyl (C=O) groups is 1. The van der Waals surface area contributed by atoms with Crippen molar-refractivity contribution >= 4 is 27.5 Å². The minimum atomic E-state index is -3.08. The highest BCUT2D eigenvalue weighted by Gasteiger charge is 2.34. The second kappa shape index (κ2) is 10.7. The van der Waals surface area contributed by atoms with E-state index in [0.29, 0.717) is 29.5 Å². The predicted octanol–water partition coefficient (Wildman–Crippen LogP) is 3.97. The molecule has 178 valence electrons. The van der Waals surface area contributed by atoms with Crippen molar-refractivity contribution in [3.8, 4) is 22.5 Å². The normalized spacial score (nSPS) is 17.1. The molecule has 1 fully saturated rings. The van der Waals surface area contributed by atoms with Crippen LogP contribution in [0.15, 0.2) is 65.8 Å². The van der Waals surface area contributed by atoms with Gasteiger partial charge in [-0.15, -0.1) is 10.2 Å². The van der Waals surface area contributed by atoms with Gasteiger partial charge < -0.3 is 4.90 Å². The van der Waals surface area contributed by atoms with Gasteiger partial charge in [-0.3, -0.25) is 4.79 Å². The molecule has 1 unspecified atom stereocenters. The summed E-state index contributed by atoms with van der Waals surface area (Å²) in [5.74, 6) is 0.450. The number of thioether (sulfide) groups is 1. The predicted molar refractivity (Wildman–Crippen MR) is 135 cm³/mol. The van der Waals surface area contributed by atoms with Crippen molar-refractivity contribution in [2.75, 3.05) is 23.8 Å². The van der Waals surface area contributed by atoms with Crippen LogP contribution in [0.5, 0.6) is 0 Å². The Hall–Kier alpha value is -2.78. The number of aromatic nitrogens is 3. The van der Waals surface area contributed by atoms with Crippen LogP contribution in [0.2, 0.25) is 0 Å². The van der Waals surface area contributed by atoms with E-state index in [0.717, 1.165) is 11.1 Å². The van der Waals surface area contributed by atoms with Crippen LogP contribution < -0.4 is 0 Å². The molecule has 0 bridgehead atoms. The van der Waals surface area contributed by atoms with E-state index < -0.39 is 9.84 Å². The zero-order chi connectivity index (χ0) is 24.1. The molecular weight excluding hydrogens is 468 g/mol. The minimum Gasteiger partial charge on any atom is -0.338 e. The Kier molecular flexibility index (Phi) is 7.63. The zero-order valence-corrected chi connectivity index (χ0v) is 20.9. The topological polar surface area (TPSA) is 93.1 Å². The highest BCUT2D eigenvalue weighted by Crippen LogP contribution is 2.30. The third-order valence-corrected chi connectivity index (χ3v) is 8.19. The maximum Gasteiger partial charge on any atom is 0.233 e. The molecule has 0 saturated carbocycles. The molecule has 1 aromatic heterocycles. The molecule has 1 aliphatic rings. The molecule has 1 amide bonds. The number of amides is 1. The van der Waals surface area contributed by atoms with Crippen molar-refractivity contribution < 1.29 is 13.2 Å². The molecule has 34 heavy (non-hydrogen) atoms. The molecule has 7 nitrogen and oxygen atoms in total. The van der Waals surface area contributed by atoms with Crippen LogP contribution >= 0.6 is 11.8 Å². The average molecular weight is 497 g/mol. The number of benzene rings is 2. The van der Waals surface area contributed by atoms with Crippen LogP contribution in [0.25, 0.3) is 22.5 Å². The number of nitrogens with zero attached hydrogens (tertiary/aromatic N) is 4. The number of sulfone groups is 1. The lowest BCUT2D eigenvalue weighted by Crippen LogP contribution is -2.44. The highest BCUT2D eigenvalue weighted by atomic mass is 32.2. The van der Waals surface area contributed by atoms with Crippen LogP contribution in [-0.4, -0.2) is 64.3 Å². The summed E-state index contributed by atoms with van der Waals surface area (Å²) < 4.78 is 24.0. The number of hydrogen-bond donors (Lipinski definition) is 0. The summed E-state index contributed by atoms with van der Waals surface area (Å²) in [5.41, 5.74) is 3.22. The monoisotopic (exact) mass is 496 g/mol. The molecule has 3 aromatic rings. The Bertz CT molecular complexity index is 1240. The first-order chi connectivity index (χ1) is 16.3. The number of rotatable bonds is 8. The maximum atomic E-state index is 13.1. The molecule has 2 aromatic carbocycles. The van der Waals surface area contributed by atoms with Crippen molar-refractivity contribution in [1.29, 1.82) is 0 Å². The van der Waals surface area contributed by atoms with Gasteiger partial charge in [0.15, 0.2) is 9.84 Å². The van der Waals surface area contributed by atoms with Gasteiger partial charge in [-0.1, -0.05) is 86.3 Å². The molecular formula is C25H28N4O3S2. The van der Waals surface area contributed by atoms with Gasteiger partial charge in [-0.05, 0) is 12.3 Å². The summed E-state index contributed by atoms with van der Waals surface area (Å²) in [6.45, 7) is 4.58. The quantitative estimate of drug-likeness (QED) is 0.436. The Morgan fingerprint density at radius 1 is 1.00 bits per heavy atom. The van der Waals surface area contributed by atoms with E-state index in [-0.39, 0.29) is 35.1 Å². The fraction of sp³-hybridized carbons (Fsp3) is 0.360. The fourth-order valence-electron chi connectivity index (χ4n) is 4.04.